The third-order valence-electron chi connectivity index (χ3n) is 6.44. The lowest BCUT2D eigenvalue weighted by atomic mass is 10.0. The van der Waals surface area contributed by atoms with Gasteiger partial charge in [0.25, 0.3) is 0 Å². The van der Waals surface area contributed by atoms with Crippen molar-refractivity contribution in [2.75, 3.05) is 31.3 Å². The van der Waals surface area contributed by atoms with Crippen molar-refractivity contribution in [3.63, 3.8) is 0 Å². The van der Waals surface area contributed by atoms with Gasteiger partial charge in [-0.15, -0.1) is 0 Å². The number of benzene rings is 1. The van der Waals surface area contributed by atoms with Crippen molar-refractivity contribution in [3.8, 4) is 5.75 Å². The van der Waals surface area contributed by atoms with Crippen LogP contribution in [0.2, 0.25) is 0 Å². The van der Waals surface area contributed by atoms with E-state index < -0.39 is 12.0 Å². The highest BCUT2D eigenvalue weighted by molar-refractivity contribution is 5.73. The van der Waals surface area contributed by atoms with Crippen LogP contribution < -0.4 is 15.8 Å². The van der Waals surface area contributed by atoms with Crippen molar-refractivity contribution in [2.24, 2.45) is 0 Å². The molecule has 0 spiro atoms. The van der Waals surface area contributed by atoms with Gasteiger partial charge in [0.15, 0.2) is 0 Å². The first-order valence-electron chi connectivity index (χ1n) is 12.0. The van der Waals surface area contributed by atoms with Crippen LogP contribution in [0.1, 0.15) is 68.8 Å². The summed E-state index contributed by atoms with van der Waals surface area (Å²) in [7, 11) is 1.64. The smallest absolute Gasteiger partial charge is 0.320 e. The molecule has 0 bridgehead atoms. The average molecular weight is 488 g/mol. The number of aliphatic carboxylic acids is 1. The van der Waals surface area contributed by atoms with Crippen molar-refractivity contribution in [1.82, 2.24) is 14.9 Å². The second kappa shape index (κ2) is 13.3. The summed E-state index contributed by atoms with van der Waals surface area (Å²) in [6.07, 6.45) is 4.66. The first-order valence-corrected chi connectivity index (χ1v) is 12.0. The number of aliphatic hydroxyl groups excluding tert-OH is 1. The van der Waals surface area contributed by atoms with Crippen LogP contribution in [-0.2, 0) is 17.8 Å². The van der Waals surface area contributed by atoms with Crippen molar-refractivity contribution in [3.05, 3.63) is 40.6 Å². The monoisotopic (exact) mass is 487 g/mol. The number of methoxy groups -OCH3 is 1. The Morgan fingerprint density at radius 3 is 2.77 bits per heavy atom. The Bertz CT molecular complexity index is 978. The van der Waals surface area contributed by atoms with Crippen LogP contribution >= 0.6 is 0 Å². The molecular weight excluding hydrogens is 446 g/mol. The third-order valence-corrected chi connectivity index (χ3v) is 6.44. The van der Waals surface area contributed by atoms with Gasteiger partial charge < -0.3 is 26.0 Å². The molecule has 2 heterocycles. The zero-order valence-corrected chi connectivity index (χ0v) is 20.4. The molecule has 2 atom stereocenters. The molecular formula is C26H41N5O4. The topological polar surface area (TPSA) is 134 Å². The highest BCUT2D eigenvalue weighted by Gasteiger charge is 2.30. The van der Waals surface area contributed by atoms with E-state index in [4.69, 9.17) is 10.5 Å². The number of nitrogens with zero attached hydrogens (tertiary/aromatic N) is 3. The highest BCUT2D eigenvalue weighted by atomic mass is 16.5. The first kappa shape index (κ1) is 28.3. The number of nitrogens with one attached hydrogen (secondary N) is 1. The maximum absolute atomic E-state index is 11.5. The molecule has 9 nitrogen and oxygen atoms in total. The average Bonchev–Trinajstić information content (AvgIpc) is 3.25. The molecule has 9 heteroatoms. The Morgan fingerprint density at radius 2 is 2.11 bits per heavy atom. The number of anilines is 2. The minimum absolute atomic E-state index is 0. The van der Waals surface area contributed by atoms with Gasteiger partial charge in [-0.1, -0.05) is 32.9 Å². The minimum Gasteiger partial charge on any atom is -0.496 e. The van der Waals surface area contributed by atoms with E-state index in [0.717, 1.165) is 53.9 Å². The summed E-state index contributed by atoms with van der Waals surface area (Å²) in [6, 6.07) is 5.70. The summed E-state index contributed by atoms with van der Waals surface area (Å²) in [6.45, 7) is 5.48. The molecule has 194 valence electrons. The lowest BCUT2D eigenvalue weighted by Crippen LogP contribution is -2.35. The van der Waals surface area contributed by atoms with Crippen molar-refractivity contribution < 1.29 is 19.7 Å². The van der Waals surface area contributed by atoms with E-state index in [2.05, 4.69) is 22.2 Å². The normalized spacial score (nSPS) is 16.5. The molecule has 35 heavy (non-hydrogen) atoms. The van der Waals surface area contributed by atoms with Gasteiger partial charge in [-0.05, 0) is 56.3 Å². The van der Waals surface area contributed by atoms with Crippen LogP contribution in [0.15, 0.2) is 18.2 Å². The fourth-order valence-electron chi connectivity index (χ4n) is 4.69. The van der Waals surface area contributed by atoms with E-state index in [1.54, 1.807) is 7.11 Å². The van der Waals surface area contributed by atoms with Gasteiger partial charge in [0.2, 0.25) is 5.95 Å². The van der Waals surface area contributed by atoms with E-state index in [9.17, 15) is 15.0 Å². The molecule has 0 saturated carbocycles. The fraction of sp³-hybridized carbons (Fsp3) is 0.577. The van der Waals surface area contributed by atoms with E-state index in [0.29, 0.717) is 31.6 Å². The molecule has 2 aromatic rings. The Balaban J connectivity index is 0.00000432. The highest BCUT2D eigenvalue weighted by Crippen LogP contribution is 2.29. The number of aryl methyl sites for hydroxylation is 1. The summed E-state index contributed by atoms with van der Waals surface area (Å²) in [5.41, 5.74) is 9.68. The molecule has 0 radical (unpaired) electrons. The van der Waals surface area contributed by atoms with Crippen molar-refractivity contribution >= 4 is 17.7 Å². The van der Waals surface area contributed by atoms with Crippen molar-refractivity contribution in [2.45, 2.75) is 78.4 Å². The number of carboxylic acid groups (broad SMARTS) is 1. The summed E-state index contributed by atoms with van der Waals surface area (Å²) >= 11 is 0. The molecule has 1 aromatic carbocycles. The molecule has 0 unspecified atom stereocenters. The van der Waals surface area contributed by atoms with Crippen LogP contribution in [0.4, 0.5) is 11.8 Å². The van der Waals surface area contributed by atoms with Gasteiger partial charge in [0, 0.05) is 36.9 Å². The van der Waals surface area contributed by atoms with Crippen molar-refractivity contribution in [1.29, 1.82) is 0 Å². The number of likely N-dealkylation sites (tertiary alicyclic amines) is 1. The van der Waals surface area contributed by atoms with Gasteiger partial charge in [-0.25, -0.2) is 4.98 Å². The van der Waals surface area contributed by atoms with Gasteiger partial charge >= 0.3 is 5.97 Å². The number of nitrogen functional groups attached to an aromatic ring is 1. The van der Waals surface area contributed by atoms with E-state index in [-0.39, 0.29) is 26.0 Å². The van der Waals surface area contributed by atoms with Crippen LogP contribution in [0.25, 0.3) is 0 Å². The number of hydrogen-bond acceptors (Lipinski definition) is 8. The largest absolute Gasteiger partial charge is 0.496 e. The predicted molar refractivity (Wildman–Crippen MR) is 139 cm³/mol. The Kier molecular flexibility index (Phi) is 10.7. The molecule has 0 aliphatic carbocycles. The maximum Gasteiger partial charge on any atom is 0.320 e. The summed E-state index contributed by atoms with van der Waals surface area (Å²) < 4.78 is 5.70. The van der Waals surface area contributed by atoms with Crippen LogP contribution in [0.3, 0.4) is 0 Å². The molecule has 1 saturated heterocycles. The fourth-order valence-corrected chi connectivity index (χ4v) is 4.69. The molecule has 1 fully saturated rings. The predicted octanol–water partition coefficient (Wildman–Crippen LogP) is 3.61. The number of carbonyl (C=O) groups is 1. The molecule has 1 aliphatic rings. The van der Waals surface area contributed by atoms with Gasteiger partial charge in [0.05, 0.1) is 7.11 Å². The summed E-state index contributed by atoms with van der Waals surface area (Å²) in [4.78, 5) is 22.4. The molecule has 5 N–H and O–H groups in total. The number of ether oxygens (including phenoxy) is 1. The van der Waals surface area contributed by atoms with Crippen LogP contribution in [-0.4, -0.2) is 63.4 Å². The number of carboxylic acids is 1. The maximum atomic E-state index is 11.5. The number of rotatable bonds is 12. The zero-order valence-electron chi connectivity index (χ0n) is 20.4. The lowest BCUT2D eigenvalue weighted by molar-refractivity contribution is -0.142. The van der Waals surface area contributed by atoms with E-state index in [1.807, 2.05) is 30.0 Å². The number of hydrogen-bond donors (Lipinski definition) is 4. The number of aliphatic hydroxyl groups is 1. The van der Waals surface area contributed by atoms with Gasteiger partial charge in [-0.2, -0.15) is 4.98 Å². The molecule has 0 amide bonds. The molecule has 1 aromatic heterocycles. The van der Waals surface area contributed by atoms with Crippen LogP contribution in [0, 0.1) is 6.92 Å². The number of aromatic nitrogens is 2. The first-order chi connectivity index (χ1) is 16.4. The molecule has 3 rings (SSSR count). The third kappa shape index (κ3) is 7.29. The second-order valence-corrected chi connectivity index (χ2v) is 8.93. The second-order valence-electron chi connectivity index (χ2n) is 8.93. The standard InChI is InChI=1S/C25H37N5O4.CH4/c1-4-6-19(10-12-31)28-23-20(16(2)27-25(26)29-23)14-18-9-8-17(13-22(18)34-3)15-30-11-5-7-21(30)24(32)33;/h8-9,13,19,21,31H,4-7,10-12,14-15H2,1-3H3,(H,32,33)(H3,26,27,28,29);1H4/t19-,21+;/m0./s1. The Labute approximate surface area is 208 Å². The quantitative estimate of drug-likeness (QED) is 0.354. The zero-order chi connectivity index (χ0) is 24.7. The summed E-state index contributed by atoms with van der Waals surface area (Å²) in [5.74, 6) is 0.877. The Morgan fingerprint density at radius 1 is 1.34 bits per heavy atom. The van der Waals surface area contributed by atoms with E-state index >= 15 is 0 Å². The van der Waals surface area contributed by atoms with E-state index in [1.165, 1.54) is 0 Å². The number of nitrogens with two attached hydrogens (primary N) is 1. The SMILES string of the molecule is C.CCC[C@@H](CCO)Nc1nc(N)nc(C)c1Cc1ccc(CN2CCC[C@@H]2C(=O)O)cc1OC. The molecule has 1 aliphatic heterocycles. The lowest BCUT2D eigenvalue weighted by Gasteiger charge is -2.22. The van der Waals surface area contributed by atoms with Gasteiger partial charge in [-0.3, -0.25) is 9.69 Å². The van der Waals surface area contributed by atoms with Crippen LogP contribution in [0.5, 0.6) is 5.75 Å². The Hall–Kier alpha value is -2.91. The minimum atomic E-state index is -0.762. The summed E-state index contributed by atoms with van der Waals surface area (Å²) in [5, 5.41) is 22.4. The van der Waals surface area contributed by atoms with Gasteiger partial charge in [0.1, 0.15) is 17.6 Å².